The summed E-state index contributed by atoms with van der Waals surface area (Å²) in [5, 5.41) is 15.8. The number of nitrogens with one attached hydrogen (secondary N) is 2. The van der Waals surface area contributed by atoms with E-state index in [9.17, 15) is 4.79 Å². The molecule has 142 valence electrons. The van der Waals surface area contributed by atoms with Crippen molar-refractivity contribution in [3.63, 3.8) is 0 Å². The summed E-state index contributed by atoms with van der Waals surface area (Å²) in [6, 6.07) is 27.4. The largest absolute Gasteiger partial charge is 0.478 e. The summed E-state index contributed by atoms with van der Waals surface area (Å²) >= 11 is 5.37. The molecule has 5 heteroatoms. The van der Waals surface area contributed by atoms with E-state index < -0.39 is 5.97 Å². The second-order valence-electron chi connectivity index (χ2n) is 6.43. The molecule has 3 aromatic rings. The molecule has 0 heterocycles. The van der Waals surface area contributed by atoms with E-state index >= 15 is 0 Å². The molecule has 0 aliphatic rings. The molecule has 3 aromatic carbocycles. The first kappa shape index (κ1) is 19.6. The standard InChI is InChI=1S/C23H22N2O2S/c26-22(27)19-11-13-20(14-12-19)25-23(28)24-16-15-21(17-7-3-1-4-8-17)18-9-5-2-6-10-18/h1-14,21H,15-16H2,(H,26,27)(H2,24,25,28). The van der Waals surface area contributed by atoms with Crippen molar-refractivity contribution in [1.29, 1.82) is 0 Å². The SMILES string of the molecule is O=C(O)c1ccc(NC(=S)NCCC(c2ccccc2)c2ccccc2)cc1. The van der Waals surface area contributed by atoms with Crippen molar-refractivity contribution < 1.29 is 9.90 Å². The summed E-state index contributed by atoms with van der Waals surface area (Å²) < 4.78 is 0. The fourth-order valence-corrected chi connectivity index (χ4v) is 3.32. The second-order valence-corrected chi connectivity index (χ2v) is 6.83. The highest BCUT2D eigenvalue weighted by Crippen LogP contribution is 2.27. The van der Waals surface area contributed by atoms with Gasteiger partial charge in [0.05, 0.1) is 5.56 Å². The molecule has 0 bridgehead atoms. The molecule has 0 radical (unpaired) electrons. The van der Waals surface area contributed by atoms with Gasteiger partial charge in [0.1, 0.15) is 0 Å². The molecule has 0 aliphatic carbocycles. The Bertz CT molecular complexity index is 873. The fraction of sp³-hybridized carbons (Fsp3) is 0.130. The second kappa shape index (κ2) is 9.67. The average Bonchev–Trinajstić information content (AvgIpc) is 2.73. The number of carboxylic acid groups (broad SMARTS) is 1. The lowest BCUT2D eigenvalue weighted by molar-refractivity contribution is 0.0697. The third kappa shape index (κ3) is 5.41. The highest BCUT2D eigenvalue weighted by atomic mass is 32.1. The summed E-state index contributed by atoms with van der Waals surface area (Å²) in [4.78, 5) is 10.9. The maximum Gasteiger partial charge on any atom is 0.335 e. The predicted octanol–water partition coefficient (Wildman–Crippen LogP) is 4.89. The molecule has 3 N–H and O–H groups in total. The van der Waals surface area contributed by atoms with E-state index in [1.54, 1.807) is 24.3 Å². The molecular formula is C23H22N2O2S. The molecule has 3 rings (SSSR count). The minimum Gasteiger partial charge on any atom is -0.478 e. The normalized spacial score (nSPS) is 10.5. The summed E-state index contributed by atoms with van der Waals surface area (Å²) in [5.41, 5.74) is 3.56. The summed E-state index contributed by atoms with van der Waals surface area (Å²) in [7, 11) is 0. The van der Waals surface area contributed by atoms with E-state index in [4.69, 9.17) is 17.3 Å². The van der Waals surface area contributed by atoms with E-state index in [2.05, 4.69) is 59.2 Å². The Balaban J connectivity index is 1.58. The number of carboxylic acids is 1. The Morgan fingerprint density at radius 2 is 1.39 bits per heavy atom. The van der Waals surface area contributed by atoms with Crippen molar-refractivity contribution in [1.82, 2.24) is 5.32 Å². The molecule has 0 spiro atoms. The number of anilines is 1. The number of thiocarbonyl (C=S) groups is 1. The van der Waals surface area contributed by atoms with Gasteiger partial charge in [-0.1, -0.05) is 60.7 Å². The van der Waals surface area contributed by atoms with Crippen LogP contribution in [0.4, 0.5) is 5.69 Å². The molecule has 0 saturated carbocycles. The lowest BCUT2D eigenvalue weighted by atomic mass is 9.88. The van der Waals surface area contributed by atoms with Gasteiger partial charge >= 0.3 is 5.97 Å². The molecule has 0 fully saturated rings. The Hall–Kier alpha value is -3.18. The number of rotatable bonds is 7. The van der Waals surface area contributed by atoms with Gasteiger partial charge in [0.15, 0.2) is 5.11 Å². The van der Waals surface area contributed by atoms with Crippen molar-refractivity contribution >= 4 is 29.0 Å². The van der Waals surface area contributed by atoms with Crippen LogP contribution in [0.3, 0.4) is 0 Å². The maximum atomic E-state index is 10.9. The van der Waals surface area contributed by atoms with Gasteiger partial charge < -0.3 is 15.7 Å². The Morgan fingerprint density at radius 1 is 0.857 bits per heavy atom. The van der Waals surface area contributed by atoms with Gasteiger partial charge in [0, 0.05) is 18.2 Å². The van der Waals surface area contributed by atoms with E-state index in [0.29, 0.717) is 11.7 Å². The van der Waals surface area contributed by atoms with Crippen LogP contribution in [0.25, 0.3) is 0 Å². The molecule has 0 atom stereocenters. The quantitative estimate of drug-likeness (QED) is 0.501. The minimum absolute atomic E-state index is 0.248. The summed E-state index contributed by atoms with van der Waals surface area (Å²) in [5.74, 6) is -0.660. The van der Waals surface area contributed by atoms with Gasteiger partial charge in [-0.05, 0) is 54.0 Å². The van der Waals surface area contributed by atoms with Gasteiger partial charge in [-0.2, -0.15) is 0 Å². The van der Waals surface area contributed by atoms with Gasteiger partial charge in [-0.3, -0.25) is 0 Å². The molecule has 4 nitrogen and oxygen atoms in total. The van der Waals surface area contributed by atoms with E-state index in [-0.39, 0.29) is 11.5 Å². The van der Waals surface area contributed by atoms with Crippen LogP contribution < -0.4 is 10.6 Å². The van der Waals surface area contributed by atoms with Crippen LogP contribution in [0.2, 0.25) is 0 Å². The van der Waals surface area contributed by atoms with Crippen LogP contribution in [0.5, 0.6) is 0 Å². The fourth-order valence-electron chi connectivity index (χ4n) is 3.10. The lowest BCUT2D eigenvalue weighted by Gasteiger charge is -2.19. The van der Waals surface area contributed by atoms with E-state index in [1.165, 1.54) is 11.1 Å². The zero-order valence-corrected chi connectivity index (χ0v) is 16.2. The molecular weight excluding hydrogens is 368 g/mol. The number of aromatic carboxylic acids is 1. The monoisotopic (exact) mass is 390 g/mol. The van der Waals surface area contributed by atoms with Crippen LogP contribution in [0, 0.1) is 0 Å². The third-order valence-electron chi connectivity index (χ3n) is 4.51. The summed E-state index contributed by atoms with van der Waals surface area (Å²) in [6.07, 6.45) is 0.897. The molecule has 28 heavy (non-hydrogen) atoms. The van der Waals surface area contributed by atoms with Crippen LogP contribution in [-0.4, -0.2) is 22.7 Å². The molecule has 0 saturated heterocycles. The Kier molecular flexibility index (Phi) is 6.76. The van der Waals surface area contributed by atoms with E-state index in [0.717, 1.165) is 12.1 Å². The zero-order chi connectivity index (χ0) is 19.8. The maximum absolute atomic E-state index is 10.9. The first-order chi connectivity index (χ1) is 13.6. The van der Waals surface area contributed by atoms with Crippen LogP contribution in [0.1, 0.15) is 33.8 Å². The topological polar surface area (TPSA) is 61.4 Å². The van der Waals surface area contributed by atoms with E-state index in [1.807, 2.05) is 12.1 Å². The third-order valence-corrected chi connectivity index (χ3v) is 4.76. The molecule has 0 aliphatic heterocycles. The van der Waals surface area contributed by atoms with Crippen molar-refractivity contribution in [2.75, 3.05) is 11.9 Å². The highest BCUT2D eigenvalue weighted by Gasteiger charge is 2.13. The first-order valence-electron chi connectivity index (χ1n) is 9.11. The first-order valence-corrected chi connectivity index (χ1v) is 9.52. The number of hydrogen-bond donors (Lipinski definition) is 3. The van der Waals surface area contributed by atoms with Gasteiger partial charge in [0.2, 0.25) is 0 Å². The van der Waals surface area contributed by atoms with Crippen molar-refractivity contribution in [2.24, 2.45) is 0 Å². The number of hydrogen-bond acceptors (Lipinski definition) is 2. The van der Waals surface area contributed by atoms with Crippen molar-refractivity contribution in [3.05, 3.63) is 102 Å². The highest BCUT2D eigenvalue weighted by molar-refractivity contribution is 7.80. The van der Waals surface area contributed by atoms with Crippen LogP contribution in [-0.2, 0) is 0 Å². The minimum atomic E-state index is -0.944. The van der Waals surface area contributed by atoms with Gasteiger partial charge in [0.25, 0.3) is 0 Å². The molecule has 0 amide bonds. The number of benzene rings is 3. The van der Waals surface area contributed by atoms with Crippen molar-refractivity contribution in [3.8, 4) is 0 Å². The smallest absolute Gasteiger partial charge is 0.335 e. The lowest BCUT2D eigenvalue weighted by Crippen LogP contribution is -2.30. The van der Waals surface area contributed by atoms with Gasteiger partial charge in [-0.25, -0.2) is 4.79 Å². The van der Waals surface area contributed by atoms with Crippen LogP contribution in [0.15, 0.2) is 84.9 Å². The predicted molar refractivity (Wildman–Crippen MR) is 117 cm³/mol. The average molecular weight is 391 g/mol. The van der Waals surface area contributed by atoms with Crippen molar-refractivity contribution in [2.45, 2.75) is 12.3 Å². The number of carbonyl (C=O) groups is 1. The molecule has 0 aromatic heterocycles. The molecule has 0 unspecified atom stereocenters. The van der Waals surface area contributed by atoms with Crippen LogP contribution >= 0.6 is 12.2 Å². The Labute approximate surface area is 170 Å². The summed E-state index contributed by atoms with van der Waals surface area (Å²) in [6.45, 7) is 0.716. The zero-order valence-electron chi connectivity index (χ0n) is 15.3. The Morgan fingerprint density at radius 3 is 1.89 bits per heavy atom. The van der Waals surface area contributed by atoms with Gasteiger partial charge in [-0.15, -0.1) is 0 Å².